The minimum Gasteiger partial charge on any atom is -0.481 e. The van der Waals surface area contributed by atoms with Crippen molar-refractivity contribution in [3.8, 4) is 0 Å². The van der Waals surface area contributed by atoms with Gasteiger partial charge in [0.2, 0.25) is 0 Å². The summed E-state index contributed by atoms with van der Waals surface area (Å²) in [4.78, 5) is 23.1. The van der Waals surface area contributed by atoms with Crippen LogP contribution in [-0.4, -0.2) is 47.2 Å². The van der Waals surface area contributed by atoms with Crippen LogP contribution in [0.2, 0.25) is 0 Å². The summed E-state index contributed by atoms with van der Waals surface area (Å²) in [6.07, 6.45) is 1.45. The minimum atomic E-state index is -2.91. The zero-order valence-electron chi connectivity index (χ0n) is 11.2. The van der Waals surface area contributed by atoms with Crippen molar-refractivity contribution in [2.24, 2.45) is 0 Å². The van der Waals surface area contributed by atoms with Gasteiger partial charge in [-0.1, -0.05) is 19.1 Å². The van der Waals surface area contributed by atoms with Gasteiger partial charge in [-0.25, -0.2) is 13.6 Å². The smallest absolute Gasteiger partial charge is 0.410 e. The number of hydrogen-bond acceptors (Lipinski definition) is 3. The average molecular weight is 291 g/mol. The number of halogens is 2. The van der Waals surface area contributed by atoms with Gasteiger partial charge in [0.25, 0.3) is 5.92 Å². The van der Waals surface area contributed by atoms with Crippen molar-refractivity contribution in [3.63, 3.8) is 0 Å². The predicted molar refractivity (Wildman–Crippen MR) is 67.7 cm³/mol. The van der Waals surface area contributed by atoms with Gasteiger partial charge < -0.3 is 9.84 Å². The largest absolute Gasteiger partial charge is 0.481 e. The lowest BCUT2D eigenvalue weighted by molar-refractivity contribution is -0.137. The molecule has 20 heavy (non-hydrogen) atoms. The summed E-state index contributed by atoms with van der Waals surface area (Å²) in [5.41, 5.74) is 0. The fourth-order valence-corrected chi connectivity index (χ4v) is 2.24. The number of unbranched alkanes of at least 4 members (excludes halogenated alkanes) is 1. The lowest BCUT2D eigenvalue weighted by atomic mass is 10.1. The molecule has 114 valence electrons. The fraction of sp³-hybridized carbons (Fsp3) is 0.692. The molecule has 1 saturated heterocycles. The van der Waals surface area contributed by atoms with E-state index in [-0.39, 0.29) is 13.0 Å². The SMILES string of the molecule is C=CCOC(=O)N1CC(F)(F)C[C@H]1CCCCC(=O)O. The van der Waals surface area contributed by atoms with Gasteiger partial charge in [-0.15, -0.1) is 0 Å². The van der Waals surface area contributed by atoms with Crippen LogP contribution in [0.25, 0.3) is 0 Å². The Labute approximate surface area is 116 Å². The normalized spacial score (nSPS) is 20.7. The van der Waals surface area contributed by atoms with E-state index in [4.69, 9.17) is 9.84 Å². The molecule has 1 N–H and O–H groups in total. The molecular weight excluding hydrogens is 272 g/mol. The first-order valence-corrected chi connectivity index (χ1v) is 6.49. The molecule has 1 amide bonds. The van der Waals surface area contributed by atoms with Crippen molar-refractivity contribution in [2.45, 2.75) is 44.1 Å². The summed E-state index contributed by atoms with van der Waals surface area (Å²) in [5, 5.41) is 8.51. The Kier molecular flexibility index (Phi) is 5.91. The molecule has 0 aromatic rings. The molecule has 0 saturated carbocycles. The highest BCUT2D eigenvalue weighted by Crippen LogP contribution is 2.34. The molecule has 0 aliphatic carbocycles. The third-order valence-electron chi connectivity index (χ3n) is 3.11. The second-order valence-electron chi connectivity index (χ2n) is 4.85. The predicted octanol–water partition coefficient (Wildman–Crippen LogP) is 2.66. The summed E-state index contributed by atoms with van der Waals surface area (Å²) < 4.78 is 31.6. The van der Waals surface area contributed by atoms with Crippen LogP contribution in [0.5, 0.6) is 0 Å². The highest BCUT2D eigenvalue weighted by molar-refractivity contribution is 5.68. The quantitative estimate of drug-likeness (QED) is 0.578. The van der Waals surface area contributed by atoms with Gasteiger partial charge >= 0.3 is 12.1 Å². The Balaban J connectivity index is 2.49. The van der Waals surface area contributed by atoms with Gasteiger partial charge in [-0.3, -0.25) is 9.69 Å². The molecular formula is C13H19F2NO4. The average Bonchev–Trinajstić information content (AvgIpc) is 2.67. The lowest BCUT2D eigenvalue weighted by Crippen LogP contribution is -2.37. The molecule has 7 heteroatoms. The number of nitrogens with zero attached hydrogens (tertiary/aromatic N) is 1. The van der Waals surface area contributed by atoms with Crippen LogP contribution in [0.3, 0.4) is 0 Å². The number of aliphatic carboxylic acids is 1. The zero-order chi connectivity index (χ0) is 15.2. The van der Waals surface area contributed by atoms with Crippen molar-refractivity contribution < 1.29 is 28.2 Å². The van der Waals surface area contributed by atoms with E-state index in [1.165, 1.54) is 6.08 Å². The summed E-state index contributed by atoms with van der Waals surface area (Å²) in [6.45, 7) is 2.72. The molecule has 0 radical (unpaired) electrons. The molecule has 0 spiro atoms. The van der Waals surface area contributed by atoms with Crippen LogP contribution in [-0.2, 0) is 9.53 Å². The molecule has 1 rings (SSSR count). The van der Waals surface area contributed by atoms with Gasteiger partial charge in [0.1, 0.15) is 6.61 Å². The first-order valence-electron chi connectivity index (χ1n) is 6.49. The number of rotatable bonds is 7. The molecule has 0 aromatic carbocycles. The third kappa shape index (κ3) is 5.14. The summed E-state index contributed by atoms with van der Waals surface area (Å²) in [6, 6.07) is -0.601. The monoisotopic (exact) mass is 291 g/mol. The van der Waals surface area contributed by atoms with Crippen molar-refractivity contribution in [3.05, 3.63) is 12.7 Å². The molecule has 1 atom stereocenters. The standard InChI is InChI=1S/C13H19F2NO4/c1-2-7-20-12(19)16-9-13(14,15)8-10(16)5-3-4-6-11(17)18/h2,10H,1,3-9H2,(H,17,18)/t10-/m1/s1. The number of amides is 1. The molecule has 1 aliphatic rings. The Morgan fingerprint density at radius 1 is 1.45 bits per heavy atom. The summed E-state index contributed by atoms with van der Waals surface area (Å²) in [7, 11) is 0. The number of carboxylic acid groups (broad SMARTS) is 1. The van der Waals surface area contributed by atoms with E-state index in [1.807, 2.05) is 0 Å². The summed E-state index contributed by atoms with van der Waals surface area (Å²) in [5.74, 6) is -3.83. The van der Waals surface area contributed by atoms with E-state index in [1.54, 1.807) is 0 Å². The number of ether oxygens (including phenoxy) is 1. The van der Waals surface area contributed by atoms with Crippen LogP contribution >= 0.6 is 0 Å². The summed E-state index contributed by atoms with van der Waals surface area (Å²) >= 11 is 0. The Morgan fingerprint density at radius 2 is 2.15 bits per heavy atom. The van der Waals surface area contributed by atoms with Gasteiger partial charge in [-0.2, -0.15) is 0 Å². The maximum atomic E-state index is 13.4. The number of carbonyl (C=O) groups excluding carboxylic acids is 1. The molecule has 0 unspecified atom stereocenters. The first-order chi connectivity index (χ1) is 9.35. The van der Waals surface area contributed by atoms with Crippen molar-refractivity contribution in [1.82, 2.24) is 4.90 Å². The first kappa shape index (κ1) is 16.4. The maximum absolute atomic E-state index is 13.4. The number of likely N-dealkylation sites (tertiary alicyclic amines) is 1. The number of hydrogen-bond donors (Lipinski definition) is 1. The molecule has 5 nitrogen and oxygen atoms in total. The number of carbonyl (C=O) groups is 2. The second-order valence-corrected chi connectivity index (χ2v) is 4.85. The highest BCUT2D eigenvalue weighted by atomic mass is 19.3. The highest BCUT2D eigenvalue weighted by Gasteiger charge is 2.47. The van der Waals surface area contributed by atoms with Crippen LogP contribution in [0.15, 0.2) is 12.7 Å². The number of alkyl halides is 2. The van der Waals surface area contributed by atoms with Gasteiger partial charge in [-0.05, 0) is 12.8 Å². The number of carboxylic acids is 1. The zero-order valence-corrected chi connectivity index (χ0v) is 11.2. The van der Waals surface area contributed by atoms with Crippen molar-refractivity contribution >= 4 is 12.1 Å². The fourth-order valence-electron chi connectivity index (χ4n) is 2.24. The van der Waals surface area contributed by atoms with Crippen molar-refractivity contribution in [1.29, 1.82) is 0 Å². The minimum absolute atomic E-state index is 0.00399. The van der Waals surface area contributed by atoms with E-state index in [0.717, 1.165) is 4.90 Å². The van der Waals surface area contributed by atoms with E-state index in [9.17, 15) is 18.4 Å². The van der Waals surface area contributed by atoms with Gasteiger partial charge in [0.15, 0.2) is 0 Å². The topological polar surface area (TPSA) is 66.8 Å². The molecule has 1 aliphatic heterocycles. The molecule has 0 bridgehead atoms. The van der Waals surface area contributed by atoms with Crippen LogP contribution in [0.1, 0.15) is 32.1 Å². The third-order valence-corrected chi connectivity index (χ3v) is 3.11. The van der Waals surface area contributed by atoms with Crippen LogP contribution in [0.4, 0.5) is 13.6 Å². The van der Waals surface area contributed by atoms with Crippen LogP contribution in [0, 0.1) is 0 Å². The van der Waals surface area contributed by atoms with Crippen molar-refractivity contribution in [2.75, 3.05) is 13.2 Å². The van der Waals surface area contributed by atoms with E-state index in [2.05, 4.69) is 6.58 Å². The maximum Gasteiger partial charge on any atom is 0.410 e. The Bertz CT molecular complexity index is 373. The Morgan fingerprint density at radius 3 is 2.75 bits per heavy atom. The van der Waals surface area contributed by atoms with E-state index in [0.29, 0.717) is 19.3 Å². The molecule has 1 fully saturated rings. The van der Waals surface area contributed by atoms with E-state index >= 15 is 0 Å². The van der Waals surface area contributed by atoms with Gasteiger partial charge in [0, 0.05) is 18.9 Å². The Hall–Kier alpha value is -1.66. The molecule has 0 aromatic heterocycles. The van der Waals surface area contributed by atoms with E-state index < -0.39 is 37.0 Å². The van der Waals surface area contributed by atoms with Gasteiger partial charge in [0.05, 0.1) is 6.54 Å². The molecule has 1 heterocycles. The lowest BCUT2D eigenvalue weighted by Gasteiger charge is -2.22. The second kappa shape index (κ2) is 7.21. The van der Waals surface area contributed by atoms with Crippen LogP contribution < -0.4 is 0 Å².